The van der Waals surface area contributed by atoms with Crippen molar-refractivity contribution in [2.45, 2.75) is 25.9 Å². The maximum absolute atomic E-state index is 12.3. The Hall–Kier alpha value is -3.06. The highest BCUT2D eigenvalue weighted by molar-refractivity contribution is 5.77. The van der Waals surface area contributed by atoms with Crippen molar-refractivity contribution < 1.29 is 4.79 Å². The van der Waals surface area contributed by atoms with Crippen molar-refractivity contribution in [1.82, 2.24) is 25.2 Å². The summed E-state index contributed by atoms with van der Waals surface area (Å²) in [5, 5.41) is 11.3. The maximum atomic E-state index is 12.3. The van der Waals surface area contributed by atoms with Crippen molar-refractivity contribution in [2.75, 3.05) is 20.1 Å². The summed E-state index contributed by atoms with van der Waals surface area (Å²) in [6.07, 6.45) is 1.07. The zero-order chi connectivity index (χ0) is 19.8. The van der Waals surface area contributed by atoms with Crippen LogP contribution in [0.1, 0.15) is 18.4 Å². The first kappa shape index (κ1) is 19.7. The molecule has 0 aliphatic carbocycles. The fourth-order valence-corrected chi connectivity index (χ4v) is 3.02. The molecular formula is C21H25N5O2. The van der Waals surface area contributed by atoms with E-state index in [1.54, 1.807) is 18.2 Å². The number of fused-ring (bicyclic) bond motifs is 1. The summed E-state index contributed by atoms with van der Waals surface area (Å²) in [6.45, 7) is 2.61. The second kappa shape index (κ2) is 9.75. The molecule has 0 saturated carbocycles. The van der Waals surface area contributed by atoms with Gasteiger partial charge in [-0.25, -0.2) is 4.68 Å². The number of aromatic nitrogens is 3. The second-order valence-corrected chi connectivity index (χ2v) is 6.81. The van der Waals surface area contributed by atoms with Gasteiger partial charge in [-0.15, -0.1) is 5.10 Å². The van der Waals surface area contributed by atoms with Crippen LogP contribution in [-0.2, 0) is 17.9 Å². The van der Waals surface area contributed by atoms with Crippen molar-refractivity contribution in [3.63, 3.8) is 0 Å². The number of hydrogen-bond acceptors (Lipinski definition) is 5. The number of aryl methyl sites for hydroxylation is 1. The molecule has 28 heavy (non-hydrogen) atoms. The van der Waals surface area contributed by atoms with Crippen molar-refractivity contribution in [2.24, 2.45) is 0 Å². The van der Waals surface area contributed by atoms with Gasteiger partial charge in [0, 0.05) is 19.5 Å². The molecule has 1 heterocycles. The molecular weight excluding hydrogens is 354 g/mol. The van der Waals surface area contributed by atoms with Crippen LogP contribution in [-0.4, -0.2) is 45.9 Å². The van der Waals surface area contributed by atoms with Gasteiger partial charge >= 0.3 is 0 Å². The van der Waals surface area contributed by atoms with Crippen molar-refractivity contribution in [3.05, 3.63) is 70.5 Å². The summed E-state index contributed by atoms with van der Waals surface area (Å²) >= 11 is 0. The van der Waals surface area contributed by atoms with E-state index in [1.807, 2.05) is 24.3 Å². The fourth-order valence-electron chi connectivity index (χ4n) is 3.02. The molecule has 2 aromatic carbocycles. The first-order chi connectivity index (χ1) is 13.6. The summed E-state index contributed by atoms with van der Waals surface area (Å²) in [5.74, 6) is -0.0902. The highest BCUT2D eigenvalue weighted by Gasteiger charge is 2.07. The molecule has 0 fully saturated rings. The number of amides is 1. The summed E-state index contributed by atoms with van der Waals surface area (Å²) in [5.41, 5.74) is 1.62. The lowest BCUT2D eigenvalue weighted by molar-refractivity contribution is -0.121. The summed E-state index contributed by atoms with van der Waals surface area (Å²) in [4.78, 5) is 26.6. The first-order valence-corrected chi connectivity index (χ1v) is 9.45. The molecule has 0 atom stereocenters. The van der Waals surface area contributed by atoms with Crippen molar-refractivity contribution in [3.8, 4) is 0 Å². The van der Waals surface area contributed by atoms with Gasteiger partial charge in [0.25, 0.3) is 5.56 Å². The normalized spacial score (nSPS) is 11.1. The van der Waals surface area contributed by atoms with Gasteiger partial charge in [0.2, 0.25) is 5.91 Å². The topological polar surface area (TPSA) is 80.1 Å². The van der Waals surface area contributed by atoms with Crippen LogP contribution < -0.4 is 10.9 Å². The fraction of sp³-hybridized carbons (Fsp3) is 0.333. The third-order valence-corrected chi connectivity index (χ3v) is 4.51. The van der Waals surface area contributed by atoms with Crippen LogP contribution in [0.3, 0.4) is 0 Å². The van der Waals surface area contributed by atoms with Crippen molar-refractivity contribution >= 4 is 16.8 Å². The van der Waals surface area contributed by atoms with E-state index in [1.165, 1.54) is 10.2 Å². The molecule has 0 radical (unpaired) electrons. The van der Waals surface area contributed by atoms with E-state index in [0.29, 0.717) is 17.4 Å². The molecule has 7 heteroatoms. The molecule has 0 spiro atoms. The van der Waals surface area contributed by atoms with Crippen LogP contribution in [0.2, 0.25) is 0 Å². The second-order valence-electron chi connectivity index (χ2n) is 6.81. The predicted molar refractivity (Wildman–Crippen MR) is 109 cm³/mol. The lowest BCUT2D eigenvalue weighted by Crippen LogP contribution is -2.31. The zero-order valence-corrected chi connectivity index (χ0v) is 16.0. The van der Waals surface area contributed by atoms with Gasteiger partial charge in [-0.2, -0.15) is 0 Å². The van der Waals surface area contributed by atoms with E-state index in [0.717, 1.165) is 19.5 Å². The van der Waals surface area contributed by atoms with Gasteiger partial charge in [-0.1, -0.05) is 47.7 Å². The van der Waals surface area contributed by atoms with E-state index >= 15 is 0 Å². The largest absolute Gasteiger partial charge is 0.356 e. The standard InChI is InChI=1S/C21H25N5O2/c1-25(16-17-8-3-2-4-9-17)14-7-13-22-20(27)12-15-26-21(28)18-10-5-6-11-19(18)23-24-26/h2-6,8-11H,7,12-16H2,1H3,(H,22,27). The summed E-state index contributed by atoms with van der Waals surface area (Å²) < 4.78 is 1.25. The molecule has 1 N–H and O–H groups in total. The average Bonchev–Trinajstić information content (AvgIpc) is 2.72. The molecule has 3 rings (SSSR count). The molecule has 1 amide bonds. The van der Waals surface area contributed by atoms with E-state index in [-0.39, 0.29) is 24.4 Å². The first-order valence-electron chi connectivity index (χ1n) is 9.45. The van der Waals surface area contributed by atoms with Crippen LogP contribution in [0, 0.1) is 0 Å². The SMILES string of the molecule is CN(CCCNC(=O)CCn1nnc2ccccc2c1=O)Cc1ccccc1. The lowest BCUT2D eigenvalue weighted by atomic mass is 10.2. The molecule has 0 aliphatic heterocycles. The Morgan fingerprint density at radius 3 is 2.68 bits per heavy atom. The van der Waals surface area contributed by atoms with Crippen LogP contribution >= 0.6 is 0 Å². The minimum Gasteiger partial charge on any atom is -0.356 e. The Balaban J connectivity index is 1.38. The maximum Gasteiger partial charge on any atom is 0.277 e. The van der Waals surface area contributed by atoms with Crippen LogP contribution in [0.15, 0.2) is 59.4 Å². The van der Waals surface area contributed by atoms with Gasteiger partial charge < -0.3 is 10.2 Å². The molecule has 146 valence electrons. The number of nitrogens with one attached hydrogen (secondary N) is 1. The smallest absolute Gasteiger partial charge is 0.277 e. The van der Waals surface area contributed by atoms with Gasteiger partial charge in [-0.3, -0.25) is 9.59 Å². The molecule has 0 aliphatic rings. The molecule has 0 bridgehead atoms. The number of carbonyl (C=O) groups excluding carboxylic acids is 1. The third kappa shape index (κ3) is 5.47. The molecule has 0 saturated heterocycles. The number of hydrogen-bond donors (Lipinski definition) is 1. The van der Waals surface area contributed by atoms with Gasteiger partial charge in [0.1, 0.15) is 5.52 Å². The minimum atomic E-state index is -0.221. The lowest BCUT2D eigenvalue weighted by Gasteiger charge is -2.16. The van der Waals surface area contributed by atoms with Gasteiger partial charge in [0.15, 0.2) is 0 Å². The van der Waals surface area contributed by atoms with Crippen LogP contribution in [0.5, 0.6) is 0 Å². The molecule has 7 nitrogen and oxygen atoms in total. The van der Waals surface area contributed by atoms with E-state index in [9.17, 15) is 9.59 Å². The van der Waals surface area contributed by atoms with Gasteiger partial charge in [0.05, 0.1) is 11.9 Å². The van der Waals surface area contributed by atoms with Crippen LogP contribution in [0.4, 0.5) is 0 Å². The monoisotopic (exact) mass is 379 g/mol. The molecule has 1 aromatic heterocycles. The highest BCUT2D eigenvalue weighted by atomic mass is 16.2. The summed E-state index contributed by atoms with van der Waals surface area (Å²) in [7, 11) is 2.07. The average molecular weight is 379 g/mol. The molecule has 3 aromatic rings. The number of benzene rings is 2. The third-order valence-electron chi connectivity index (χ3n) is 4.51. The Morgan fingerprint density at radius 1 is 1.11 bits per heavy atom. The molecule has 0 unspecified atom stereocenters. The number of carbonyl (C=O) groups is 1. The highest BCUT2D eigenvalue weighted by Crippen LogP contribution is 2.04. The Labute approximate surface area is 164 Å². The predicted octanol–water partition coefficient (Wildman–Crippen LogP) is 1.82. The Bertz CT molecular complexity index is 971. The van der Waals surface area contributed by atoms with E-state index in [4.69, 9.17) is 0 Å². The minimum absolute atomic E-state index is 0.0902. The van der Waals surface area contributed by atoms with Crippen molar-refractivity contribution in [1.29, 1.82) is 0 Å². The summed E-state index contributed by atoms with van der Waals surface area (Å²) in [6, 6.07) is 17.4. The van der Waals surface area contributed by atoms with E-state index in [2.05, 4.69) is 39.7 Å². The quantitative estimate of drug-likeness (QED) is 0.574. The Kier molecular flexibility index (Phi) is 6.86. The number of nitrogens with zero attached hydrogens (tertiary/aromatic N) is 4. The zero-order valence-electron chi connectivity index (χ0n) is 16.0. The number of rotatable bonds is 9. The van der Waals surface area contributed by atoms with E-state index < -0.39 is 0 Å². The Morgan fingerprint density at radius 2 is 1.86 bits per heavy atom. The van der Waals surface area contributed by atoms with Gasteiger partial charge in [-0.05, 0) is 37.7 Å². The van der Waals surface area contributed by atoms with Crippen LogP contribution in [0.25, 0.3) is 10.9 Å².